The maximum Gasteiger partial charge on any atom is 0.203 e. The van der Waals surface area contributed by atoms with Crippen molar-refractivity contribution in [2.24, 2.45) is 0 Å². The average Bonchev–Trinajstić information content (AvgIpc) is 2.83. The Bertz CT molecular complexity index is 840. The van der Waals surface area contributed by atoms with Crippen LogP contribution in [0.5, 0.6) is 23.0 Å². The molecule has 0 bridgehead atoms. The first-order valence-electron chi connectivity index (χ1n) is 10.7. The molecule has 8 nitrogen and oxygen atoms in total. The summed E-state index contributed by atoms with van der Waals surface area (Å²) in [6, 6.07) is 11.8. The molecule has 1 aliphatic rings. The molecule has 3 rings (SSSR count). The van der Waals surface area contributed by atoms with Crippen LogP contribution < -0.4 is 23.8 Å². The van der Waals surface area contributed by atoms with Crippen LogP contribution in [-0.2, 0) is 11.3 Å². The summed E-state index contributed by atoms with van der Waals surface area (Å²) in [7, 11) is 6.44. The number of halogens is 2. The molecule has 0 saturated carbocycles. The fourth-order valence-corrected chi connectivity index (χ4v) is 3.94. The van der Waals surface area contributed by atoms with Crippen LogP contribution in [0, 0.1) is 0 Å². The maximum absolute atomic E-state index is 10.5. The topological polar surface area (TPSA) is 72.9 Å². The second-order valence-electron chi connectivity index (χ2n) is 7.66. The highest BCUT2D eigenvalue weighted by atomic mass is 35.5. The van der Waals surface area contributed by atoms with Gasteiger partial charge in [0.25, 0.3) is 0 Å². The van der Waals surface area contributed by atoms with E-state index in [1.54, 1.807) is 28.4 Å². The largest absolute Gasteiger partial charge is 0.495 e. The normalized spacial score (nSPS) is 14.4. The van der Waals surface area contributed by atoms with Gasteiger partial charge < -0.3 is 33.7 Å². The fourth-order valence-electron chi connectivity index (χ4n) is 3.94. The second kappa shape index (κ2) is 15.0. The molecule has 0 amide bonds. The van der Waals surface area contributed by atoms with Crippen molar-refractivity contribution in [3.05, 3.63) is 42.0 Å². The molecule has 0 aliphatic carbocycles. The number of rotatable bonds is 11. The zero-order valence-electron chi connectivity index (χ0n) is 20.2. The molecule has 0 aromatic heterocycles. The van der Waals surface area contributed by atoms with E-state index >= 15 is 0 Å². The highest BCUT2D eigenvalue weighted by Gasteiger charge is 2.21. The lowest BCUT2D eigenvalue weighted by molar-refractivity contribution is 0.00904. The smallest absolute Gasteiger partial charge is 0.203 e. The van der Waals surface area contributed by atoms with Crippen molar-refractivity contribution in [2.45, 2.75) is 12.7 Å². The molecule has 0 radical (unpaired) electrons. The Labute approximate surface area is 214 Å². The first kappa shape index (κ1) is 29.9. The third-order valence-electron chi connectivity index (χ3n) is 5.57. The molecule has 0 spiro atoms. The van der Waals surface area contributed by atoms with Gasteiger partial charge in [0.15, 0.2) is 11.5 Å². The Morgan fingerprint density at radius 1 is 0.824 bits per heavy atom. The third kappa shape index (κ3) is 7.71. The van der Waals surface area contributed by atoms with Crippen LogP contribution in [0.3, 0.4) is 0 Å². The van der Waals surface area contributed by atoms with Crippen LogP contribution in [0.4, 0.5) is 5.69 Å². The molecule has 192 valence electrons. The Balaban J connectivity index is 0.00000289. The van der Waals surface area contributed by atoms with E-state index in [0.29, 0.717) is 30.4 Å². The highest BCUT2D eigenvalue weighted by Crippen LogP contribution is 2.38. The number of aliphatic hydroxyl groups is 1. The molecule has 10 heteroatoms. The molecular formula is C24H36Cl2N2O6. The SMILES string of the molecule is COc1ccccc1N1CCN(CC(O)COCc2cc(OC)c(OC)c(OC)c2)CC1.Cl.Cl. The number of para-hydroxylation sites is 2. The maximum atomic E-state index is 10.5. The Morgan fingerprint density at radius 2 is 1.41 bits per heavy atom. The van der Waals surface area contributed by atoms with E-state index in [1.807, 2.05) is 30.3 Å². The summed E-state index contributed by atoms with van der Waals surface area (Å²) >= 11 is 0. The molecule has 1 fully saturated rings. The monoisotopic (exact) mass is 518 g/mol. The van der Waals surface area contributed by atoms with Crippen molar-refractivity contribution in [1.82, 2.24) is 4.90 Å². The molecule has 2 aromatic carbocycles. The van der Waals surface area contributed by atoms with Crippen molar-refractivity contribution in [1.29, 1.82) is 0 Å². The minimum atomic E-state index is -0.560. The van der Waals surface area contributed by atoms with E-state index in [2.05, 4.69) is 15.9 Å². The number of hydrogen-bond donors (Lipinski definition) is 1. The minimum Gasteiger partial charge on any atom is -0.495 e. The molecule has 1 atom stereocenters. The van der Waals surface area contributed by atoms with Crippen molar-refractivity contribution in [2.75, 3.05) is 72.7 Å². The van der Waals surface area contributed by atoms with Gasteiger partial charge in [-0.3, -0.25) is 4.90 Å². The van der Waals surface area contributed by atoms with Crippen LogP contribution in [0.2, 0.25) is 0 Å². The van der Waals surface area contributed by atoms with Gasteiger partial charge in [0.2, 0.25) is 5.75 Å². The van der Waals surface area contributed by atoms with Crippen LogP contribution in [0.1, 0.15) is 5.56 Å². The molecule has 34 heavy (non-hydrogen) atoms. The Morgan fingerprint density at radius 3 is 1.97 bits per heavy atom. The lowest BCUT2D eigenvalue weighted by Crippen LogP contribution is -2.49. The van der Waals surface area contributed by atoms with E-state index in [0.717, 1.165) is 43.2 Å². The molecule has 1 heterocycles. The summed E-state index contributed by atoms with van der Waals surface area (Å²) in [6.45, 7) is 4.70. The standard InChI is InChI=1S/C24H34N2O6.2ClH/c1-28-21-8-6-5-7-20(21)26-11-9-25(10-12-26)15-19(27)17-32-16-18-13-22(29-2)24(31-4)23(14-18)30-3;;/h5-8,13-14,19,27H,9-12,15-17H2,1-4H3;2*1H. The molecule has 2 aromatic rings. The summed E-state index contributed by atoms with van der Waals surface area (Å²) in [5.41, 5.74) is 2.00. The van der Waals surface area contributed by atoms with Gasteiger partial charge in [-0.1, -0.05) is 12.1 Å². The average molecular weight is 519 g/mol. The zero-order chi connectivity index (χ0) is 22.9. The van der Waals surface area contributed by atoms with Crippen molar-refractivity contribution < 1.29 is 28.8 Å². The zero-order valence-corrected chi connectivity index (χ0v) is 21.8. The number of benzene rings is 2. The van der Waals surface area contributed by atoms with Gasteiger partial charge in [-0.25, -0.2) is 0 Å². The molecule has 1 aliphatic heterocycles. The van der Waals surface area contributed by atoms with E-state index < -0.39 is 6.10 Å². The summed E-state index contributed by atoms with van der Waals surface area (Å²) in [6.07, 6.45) is -0.560. The Kier molecular flexibility index (Phi) is 13.2. The molecular weight excluding hydrogens is 483 g/mol. The lowest BCUT2D eigenvalue weighted by atomic mass is 10.2. The van der Waals surface area contributed by atoms with Gasteiger partial charge in [-0.2, -0.15) is 0 Å². The van der Waals surface area contributed by atoms with Crippen LogP contribution in [0.25, 0.3) is 0 Å². The molecule has 1 unspecified atom stereocenters. The van der Waals surface area contributed by atoms with E-state index in [-0.39, 0.29) is 31.4 Å². The van der Waals surface area contributed by atoms with Gasteiger partial charge in [-0.05, 0) is 29.8 Å². The highest BCUT2D eigenvalue weighted by molar-refractivity contribution is 5.85. The number of methoxy groups -OCH3 is 4. The first-order chi connectivity index (χ1) is 15.6. The van der Waals surface area contributed by atoms with Crippen molar-refractivity contribution >= 4 is 30.5 Å². The number of aliphatic hydroxyl groups excluding tert-OH is 1. The summed E-state index contributed by atoms with van der Waals surface area (Å²) in [4.78, 5) is 4.59. The third-order valence-corrected chi connectivity index (χ3v) is 5.57. The van der Waals surface area contributed by atoms with Crippen molar-refractivity contribution in [3.8, 4) is 23.0 Å². The summed E-state index contributed by atoms with van der Waals surface area (Å²) in [5.74, 6) is 2.60. The Hall–Kier alpha value is -2.10. The quantitative estimate of drug-likeness (QED) is 0.485. The van der Waals surface area contributed by atoms with Crippen LogP contribution in [0.15, 0.2) is 36.4 Å². The van der Waals surface area contributed by atoms with Gasteiger partial charge in [0.1, 0.15) is 5.75 Å². The van der Waals surface area contributed by atoms with Crippen molar-refractivity contribution in [3.63, 3.8) is 0 Å². The number of nitrogens with zero attached hydrogens (tertiary/aromatic N) is 2. The summed E-state index contributed by atoms with van der Waals surface area (Å²) < 4.78 is 27.3. The van der Waals surface area contributed by atoms with Gasteiger partial charge in [0, 0.05) is 32.7 Å². The predicted molar refractivity (Wildman–Crippen MR) is 138 cm³/mol. The minimum absolute atomic E-state index is 0. The predicted octanol–water partition coefficient (Wildman–Crippen LogP) is 3.26. The van der Waals surface area contributed by atoms with Crippen LogP contribution in [-0.4, -0.2) is 83.9 Å². The van der Waals surface area contributed by atoms with Gasteiger partial charge in [0.05, 0.1) is 53.4 Å². The van der Waals surface area contributed by atoms with E-state index in [9.17, 15) is 5.11 Å². The summed E-state index contributed by atoms with van der Waals surface area (Å²) in [5, 5.41) is 10.5. The number of piperazine rings is 1. The molecule has 1 N–H and O–H groups in total. The van der Waals surface area contributed by atoms with E-state index in [1.165, 1.54) is 0 Å². The first-order valence-corrected chi connectivity index (χ1v) is 10.7. The van der Waals surface area contributed by atoms with Gasteiger partial charge in [-0.15, -0.1) is 24.8 Å². The number of ether oxygens (including phenoxy) is 5. The van der Waals surface area contributed by atoms with Gasteiger partial charge >= 0.3 is 0 Å². The molecule has 1 saturated heterocycles. The number of anilines is 1. The second-order valence-corrected chi connectivity index (χ2v) is 7.66. The lowest BCUT2D eigenvalue weighted by Gasteiger charge is -2.37. The fraction of sp³-hybridized carbons (Fsp3) is 0.500. The van der Waals surface area contributed by atoms with E-state index in [4.69, 9.17) is 23.7 Å². The van der Waals surface area contributed by atoms with Crippen LogP contribution >= 0.6 is 24.8 Å². The number of hydrogen-bond acceptors (Lipinski definition) is 8. The number of β-amino-alcohol motifs (C(OH)–C–C–N with tert-alkyl or cyclic N) is 1.